The summed E-state index contributed by atoms with van der Waals surface area (Å²) in [5.74, 6) is 0.285. The van der Waals surface area contributed by atoms with Crippen LogP contribution in [-0.2, 0) is 4.79 Å². The summed E-state index contributed by atoms with van der Waals surface area (Å²) in [4.78, 5) is 14.8. The molecule has 2 rings (SSSR count). The van der Waals surface area contributed by atoms with Crippen LogP contribution in [0.15, 0.2) is 0 Å². The largest absolute Gasteiger partial charge is 0.395 e. The molecule has 2 aliphatic rings. The maximum Gasteiger partial charge on any atom is 0.230 e. The first-order valence-corrected chi connectivity index (χ1v) is 7.36. The van der Waals surface area contributed by atoms with Crippen molar-refractivity contribution in [3.8, 4) is 0 Å². The van der Waals surface area contributed by atoms with Crippen LogP contribution in [0.3, 0.4) is 0 Å². The topological polar surface area (TPSA) is 52.6 Å². The minimum atomic E-state index is -0.204. The average Bonchev–Trinajstić information content (AvgIpc) is 3.21. The van der Waals surface area contributed by atoms with Crippen molar-refractivity contribution in [1.82, 2.24) is 10.2 Å². The first kappa shape index (κ1) is 13.8. The molecular weight excluding hydrogens is 228 g/mol. The number of hydrogen-bond donors (Lipinski definition) is 2. The van der Waals surface area contributed by atoms with E-state index in [9.17, 15) is 4.79 Å². The highest BCUT2D eigenvalue weighted by Gasteiger charge is 2.44. The molecule has 0 bridgehead atoms. The number of amides is 1. The monoisotopic (exact) mass is 254 g/mol. The van der Waals surface area contributed by atoms with Crippen LogP contribution in [0.5, 0.6) is 0 Å². The first-order chi connectivity index (χ1) is 8.73. The van der Waals surface area contributed by atoms with Gasteiger partial charge in [0.25, 0.3) is 0 Å². The fourth-order valence-corrected chi connectivity index (χ4v) is 3.20. The SMILES string of the molecule is CCCC1(C(=O)N(CCO)C2CC2)CCCNC1. The van der Waals surface area contributed by atoms with Crippen molar-refractivity contribution in [2.24, 2.45) is 5.41 Å². The third kappa shape index (κ3) is 2.86. The van der Waals surface area contributed by atoms with E-state index in [1.54, 1.807) is 0 Å². The molecular formula is C14H26N2O2. The van der Waals surface area contributed by atoms with Gasteiger partial charge in [-0.1, -0.05) is 13.3 Å². The van der Waals surface area contributed by atoms with Crippen LogP contribution in [0.25, 0.3) is 0 Å². The lowest BCUT2D eigenvalue weighted by molar-refractivity contribution is -0.145. The van der Waals surface area contributed by atoms with Crippen molar-refractivity contribution in [3.05, 3.63) is 0 Å². The number of nitrogens with zero attached hydrogens (tertiary/aromatic N) is 1. The van der Waals surface area contributed by atoms with E-state index in [2.05, 4.69) is 12.2 Å². The molecule has 0 aromatic heterocycles. The number of hydrogen-bond acceptors (Lipinski definition) is 3. The van der Waals surface area contributed by atoms with Gasteiger partial charge in [0.05, 0.1) is 12.0 Å². The van der Waals surface area contributed by atoms with E-state index in [0.717, 1.165) is 51.6 Å². The molecule has 1 unspecified atom stereocenters. The molecule has 1 saturated carbocycles. The Kier molecular flexibility index (Phi) is 4.62. The number of aliphatic hydroxyl groups is 1. The van der Waals surface area contributed by atoms with Crippen LogP contribution >= 0.6 is 0 Å². The second kappa shape index (κ2) is 6.02. The predicted octanol–water partition coefficient (Wildman–Crippen LogP) is 1.14. The Labute approximate surface area is 110 Å². The normalized spacial score (nSPS) is 28.1. The Hall–Kier alpha value is -0.610. The molecule has 4 heteroatoms. The Morgan fingerprint density at radius 1 is 1.50 bits per heavy atom. The van der Waals surface area contributed by atoms with Gasteiger partial charge in [-0.15, -0.1) is 0 Å². The Morgan fingerprint density at radius 2 is 2.28 bits per heavy atom. The Morgan fingerprint density at radius 3 is 2.78 bits per heavy atom. The van der Waals surface area contributed by atoms with E-state index in [-0.39, 0.29) is 17.9 Å². The standard InChI is InChI=1S/C14H26N2O2/c1-2-6-14(7-3-8-15-11-14)13(18)16(9-10-17)12-4-5-12/h12,15,17H,2-11H2,1H3. The zero-order valence-corrected chi connectivity index (χ0v) is 11.5. The molecule has 0 spiro atoms. The van der Waals surface area contributed by atoms with Crippen molar-refractivity contribution < 1.29 is 9.90 Å². The van der Waals surface area contributed by atoms with E-state index in [4.69, 9.17) is 5.11 Å². The van der Waals surface area contributed by atoms with E-state index < -0.39 is 0 Å². The van der Waals surface area contributed by atoms with Gasteiger partial charge in [0, 0.05) is 19.1 Å². The quantitative estimate of drug-likeness (QED) is 0.747. The third-order valence-corrected chi connectivity index (χ3v) is 4.24. The maximum absolute atomic E-state index is 12.9. The molecule has 0 aromatic carbocycles. The smallest absolute Gasteiger partial charge is 0.230 e. The summed E-state index contributed by atoms with van der Waals surface area (Å²) in [5, 5.41) is 12.6. The molecule has 4 nitrogen and oxygen atoms in total. The van der Waals surface area contributed by atoms with Gasteiger partial charge in [-0.2, -0.15) is 0 Å². The third-order valence-electron chi connectivity index (χ3n) is 4.24. The highest BCUT2D eigenvalue weighted by Crippen LogP contribution is 2.37. The van der Waals surface area contributed by atoms with Gasteiger partial charge in [0.1, 0.15) is 0 Å². The summed E-state index contributed by atoms with van der Waals surface area (Å²) >= 11 is 0. The van der Waals surface area contributed by atoms with Crippen molar-refractivity contribution in [1.29, 1.82) is 0 Å². The summed E-state index contributed by atoms with van der Waals surface area (Å²) in [6.45, 7) is 4.58. The highest BCUT2D eigenvalue weighted by atomic mass is 16.3. The predicted molar refractivity (Wildman–Crippen MR) is 71.3 cm³/mol. The van der Waals surface area contributed by atoms with Gasteiger partial charge in [0.15, 0.2) is 0 Å². The molecule has 0 aromatic rings. The lowest BCUT2D eigenvalue weighted by Gasteiger charge is -2.40. The van der Waals surface area contributed by atoms with Gasteiger partial charge < -0.3 is 15.3 Å². The molecule has 18 heavy (non-hydrogen) atoms. The summed E-state index contributed by atoms with van der Waals surface area (Å²) in [6, 6.07) is 0.403. The zero-order valence-electron chi connectivity index (χ0n) is 11.5. The first-order valence-electron chi connectivity index (χ1n) is 7.36. The number of piperidine rings is 1. The van der Waals surface area contributed by atoms with Crippen LogP contribution < -0.4 is 5.32 Å². The summed E-state index contributed by atoms with van der Waals surface area (Å²) in [5.41, 5.74) is -0.204. The van der Waals surface area contributed by atoms with E-state index in [1.807, 2.05) is 4.90 Å². The molecule has 1 aliphatic carbocycles. The zero-order chi connectivity index (χ0) is 13.0. The number of aliphatic hydroxyl groups excluding tert-OH is 1. The molecule has 1 amide bonds. The molecule has 1 aliphatic heterocycles. The lowest BCUT2D eigenvalue weighted by Crippen LogP contribution is -2.53. The number of carbonyl (C=O) groups is 1. The highest BCUT2D eigenvalue weighted by molar-refractivity contribution is 5.83. The van der Waals surface area contributed by atoms with Crippen LogP contribution in [0.1, 0.15) is 45.4 Å². The summed E-state index contributed by atoms with van der Waals surface area (Å²) in [7, 11) is 0. The van der Waals surface area contributed by atoms with Gasteiger partial charge in [0.2, 0.25) is 5.91 Å². The fourth-order valence-electron chi connectivity index (χ4n) is 3.20. The van der Waals surface area contributed by atoms with Gasteiger partial charge >= 0.3 is 0 Å². The van der Waals surface area contributed by atoms with Crippen LogP contribution in [-0.4, -0.2) is 48.2 Å². The molecule has 1 saturated heterocycles. The van der Waals surface area contributed by atoms with Crippen LogP contribution in [0, 0.1) is 5.41 Å². The minimum absolute atomic E-state index is 0.0812. The van der Waals surface area contributed by atoms with E-state index in [0.29, 0.717) is 12.6 Å². The summed E-state index contributed by atoms with van der Waals surface area (Å²) < 4.78 is 0. The second-order valence-electron chi connectivity index (χ2n) is 5.76. The summed E-state index contributed by atoms with van der Waals surface area (Å²) in [6.07, 6.45) is 6.33. The fraction of sp³-hybridized carbons (Fsp3) is 0.929. The Balaban J connectivity index is 2.09. The van der Waals surface area contributed by atoms with Gasteiger partial charge in [-0.25, -0.2) is 0 Å². The Bertz CT molecular complexity index is 278. The average molecular weight is 254 g/mol. The van der Waals surface area contributed by atoms with Crippen LogP contribution in [0.4, 0.5) is 0 Å². The van der Waals surface area contributed by atoms with E-state index in [1.165, 1.54) is 0 Å². The van der Waals surface area contributed by atoms with Crippen molar-refractivity contribution in [3.63, 3.8) is 0 Å². The van der Waals surface area contributed by atoms with E-state index >= 15 is 0 Å². The van der Waals surface area contributed by atoms with Crippen molar-refractivity contribution in [2.45, 2.75) is 51.5 Å². The molecule has 1 atom stereocenters. The number of carbonyl (C=O) groups excluding carboxylic acids is 1. The number of rotatable bonds is 6. The molecule has 2 fully saturated rings. The molecule has 104 valence electrons. The van der Waals surface area contributed by atoms with Crippen molar-refractivity contribution in [2.75, 3.05) is 26.2 Å². The minimum Gasteiger partial charge on any atom is -0.395 e. The number of nitrogens with one attached hydrogen (secondary N) is 1. The molecule has 1 heterocycles. The van der Waals surface area contributed by atoms with Crippen molar-refractivity contribution >= 4 is 5.91 Å². The molecule has 0 radical (unpaired) electrons. The van der Waals surface area contributed by atoms with Gasteiger partial charge in [-0.05, 0) is 38.6 Å². The second-order valence-corrected chi connectivity index (χ2v) is 5.76. The van der Waals surface area contributed by atoms with Crippen LogP contribution in [0.2, 0.25) is 0 Å². The van der Waals surface area contributed by atoms with Gasteiger partial charge in [-0.3, -0.25) is 4.79 Å². The maximum atomic E-state index is 12.9. The molecule has 2 N–H and O–H groups in total. The lowest BCUT2D eigenvalue weighted by atomic mass is 9.75.